The highest BCUT2D eigenvalue weighted by atomic mass is 16.5. The van der Waals surface area contributed by atoms with E-state index < -0.39 is 23.3 Å². The second kappa shape index (κ2) is 6.38. The Balaban J connectivity index is 2.48. The molecule has 8 heteroatoms. The zero-order valence-corrected chi connectivity index (χ0v) is 12.4. The van der Waals surface area contributed by atoms with E-state index in [-0.39, 0.29) is 13.0 Å². The van der Waals surface area contributed by atoms with Crippen LogP contribution in [0.15, 0.2) is 4.52 Å². The van der Waals surface area contributed by atoms with Crippen LogP contribution in [0.3, 0.4) is 0 Å². The van der Waals surface area contributed by atoms with Crippen molar-refractivity contribution in [1.82, 2.24) is 15.8 Å². The third-order valence-corrected chi connectivity index (χ3v) is 3.04. The zero-order chi connectivity index (χ0) is 16.2. The van der Waals surface area contributed by atoms with Crippen molar-refractivity contribution in [2.24, 2.45) is 5.41 Å². The van der Waals surface area contributed by atoms with Gasteiger partial charge in [0, 0.05) is 18.5 Å². The summed E-state index contributed by atoms with van der Waals surface area (Å²) in [5.41, 5.74) is 0.168. The number of amides is 3. The summed E-state index contributed by atoms with van der Waals surface area (Å²) in [7, 11) is 0. The fraction of sp³-hybridized carbons (Fsp3) is 0.538. The number of carboxylic acids is 1. The second-order valence-electron chi connectivity index (χ2n) is 5.40. The average Bonchev–Trinajstić information content (AvgIpc) is 2.65. The van der Waals surface area contributed by atoms with Gasteiger partial charge in [0.25, 0.3) is 0 Å². The number of aliphatic carboxylic acids is 1. The molecule has 116 valence electrons. The van der Waals surface area contributed by atoms with E-state index in [9.17, 15) is 14.4 Å². The molecule has 0 aliphatic heterocycles. The Morgan fingerprint density at radius 2 is 1.90 bits per heavy atom. The van der Waals surface area contributed by atoms with Gasteiger partial charge in [0.15, 0.2) is 0 Å². The number of carbonyl (C=O) groups is 3. The van der Waals surface area contributed by atoms with Crippen LogP contribution in [-0.2, 0) is 16.1 Å². The lowest BCUT2D eigenvalue weighted by Crippen LogP contribution is -2.41. The number of urea groups is 1. The number of carboxylic acid groups (broad SMARTS) is 1. The Morgan fingerprint density at radius 1 is 1.29 bits per heavy atom. The van der Waals surface area contributed by atoms with E-state index in [4.69, 9.17) is 9.63 Å². The van der Waals surface area contributed by atoms with Crippen molar-refractivity contribution in [3.63, 3.8) is 0 Å². The SMILES string of the molecule is Cc1noc(C)c1CNC(=O)NC(=O)CC(C)(C)C(=O)O. The van der Waals surface area contributed by atoms with Crippen LogP contribution in [0.5, 0.6) is 0 Å². The number of aryl methyl sites for hydroxylation is 2. The summed E-state index contributed by atoms with van der Waals surface area (Å²) in [6.45, 7) is 6.46. The first kappa shape index (κ1) is 16.7. The molecule has 8 nitrogen and oxygen atoms in total. The minimum atomic E-state index is -1.23. The number of imide groups is 1. The highest BCUT2D eigenvalue weighted by molar-refractivity contribution is 5.96. The third-order valence-electron chi connectivity index (χ3n) is 3.04. The summed E-state index contributed by atoms with van der Waals surface area (Å²) in [6.07, 6.45) is -0.291. The number of aromatic nitrogens is 1. The summed E-state index contributed by atoms with van der Waals surface area (Å²) < 4.78 is 4.95. The van der Waals surface area contributed by atoms with E-state index in [0.29, 0.717) is 11.5 Å². The van der Waals surface area contributed by atoms with Crippen molar-refractivity contribution in [3.05, 3.63) is 17.0 Å². The maximum absolute atomic E-state index is 11.6. The molecule has 0 aliphatic carbocycles. The molecule has 0 radical (unpaired) electrons. The molecule has 3 amide bonds. The van der Waals surface area contributed by atoms with Gasteiger partial charge in [-0.2, -0.15) is 0 Å². The molecule has 3 N–H and O–H groups in total. The predicted molar refractivity (Wildman–Crippen MR) is 72.4 cm³/mol. The molecule has 0 fully saturated rings. The van der Waals surface area contributed by atoms with Gasteiger partial charge < -0.3 is 14.9 Å². The number of hydrogen-bond acceptors (Lipinski definition) is 5. The molecule has 0 atom stereocenters. The van der Waals surface area contributed by atoms with Crippen molar-refractivity contribution >= 4 is 17.9 Å². The van der Waals surface area contributed by atoms with Crippen molar-refractivity contribution < 1.29 is 24.0 Å². The quantitative estimate of drug-likeness (QED) is 0.748. The van der Waals surface area contributed by atoms with Crippen LogP contribution in [0, 0.1) is 19.3 Å². The summed E-state index contributed by atoms with van der Waals surface area (Å²) in [5, 5.41) is 17.2. The Kier molecular flexibility index (Phi) is 5.07. The van der Waals surface area contributed by atoms with Crippen molar-refractivity contribution in [2.45, 2.75) is 40.7 Å². The van der Waals surface area contributed by atoms with Gasteiger partial charge in [-0.15, -0.1) is 0 Å². The fourth-order valence-electron chi connectivity index (χ4n) is 1.61. The monoisotopic (exact) mass is 297 g/mol. The molecule has 1 rings (SSSR count). The smallest absolute Gasteiger partial charge is 0.321 e. The first-order valence-electron chi connectivity index (χ1n) is 6.36. The van der Waals surface area contributed by atoms with Gasteiger partial charge >= 0.3 is 12.0 Å². The highest BCUT2D eigenvalue weighted by Gasteiger charge is 2.30. The fourth-order valence-corrected chi connectivity index (χ4v) is 1.61. The first-order valence-corrected chi connectivity index (χ1v) is 6.36. The van der Waals surface area contributed by atoms with Gasteiger partial charge in [0.05, 0.1) is 11.1 Å². The first-order chi connectivity index (χ1) is 9.63. The molecule has 1 aromatic heterocycles. The molecule has 0 aliphatic rings. The second-order valence-corrected chi connectivity index (χ2v) is 5.40. The third kappa shape index (κ3) is 4.59. The highest BCUT2D eigenvalue weighted by Crippen LogP contribution is 2.19. The normalized spacial score (nSPS) is 11.0. The van der Waals surface area contributed by atoms with Gasteiger partial charge in [-0.25, -0.2) is 4.79 Å². The van der Waals surface area contributed by atoms with Crippen molar-refractivity contribution in [1.29, 1.82) is 0 Å². The largest absolute Gasteiger partial charge is 0.481 e. The standard InChI is InChI=1S/C13H19N3O5/c1-7-9(8(2)21-16-7)6-14-12(20)15-10(17)5-13(3,4)11(18)19/h5-6H2,1-4H3,(H,18,19)(H2,14,15,17,20). The van der Waals surface area contributed by atoms with Crippen LogP contribution >= 0.6 is 0 Å². The van der Waals surface area contributed by atoms with Crippen molar-refractivity contribution in [3.8, 4) is 0 Å². The summed E-state index contributed by atoms with van der Waals surface area (Å²) >= 11 is 0. The van der Waals surface area contributed by atoms with Crippen LogP contribution in [-0.4, -0.2) is 28.2 Å². The predicted octanol–water partition coefficient (Wildman–Crippen LogP) is 1.12. The Labute approximate surface area is 121 Å². The van der Waals surface area contributed by atoms with Crippen LogP contribution in [0.25, 0.3) is 0 Å². The van der Waals surface area contributed by atoms with Gasteiger partial charge in [-0.05, 0) is 27.7 Å². The summed E-state index contributed by atoms with van der Waals surface area (Å²) in [6, 6.07) is -0.693. The molecule has 0 bridgehead atoms. The molecule has 0 aromatic carbocycles. The average molecular weight is 297 g/mol. The van der Waals surface area contributed by atoms with E-state index >= 15 is 0 Å². The number of carbonyl (C=O) groups excluding carboxylic acids is 2. The Bertz CT molecular complexity index is 543. The van der Waals surface area contributed by atoms with E-state index in [1.54, 1.807) is 13.8 Å². The van der Waals surface area contributed by atoms with E-state index in [0.717, 1.165) is 5.56 Å². The maximum Gasteiger partial charge on any atom is 0.321 e. The maximum atomic E-state index is 11.6. The lowest BCUT2D eigenvalue weighted by Gasteiger charge is -2.17. The number of nitrogens with one attached hydrogen (secondary N) is 2. The van der Waals surface area contributed by atoms with Crippen LogP contribution < -0.4 is 10.6 Å². The van der Waals surface area contributed by atoms with Crippen LogP contribution in [0.4, 0.5) is 4.79 Å². The van der Waals surface area contributed by atoms with Gasteiger partial charge in [-0.3, -0.25) is 14.9 Å². The molecule has 1 heterocycles. The Hall–Kier alpha value is -2.38. The van der Waals surface area contributed by atoms with E-state index in [1.165, 1.54) is 13.8 Å². The lowest BCUT2D eigenvalue weighted by molar-refractivity contribution is -0.149. The number of hydrogen-bond donors (Lipinski definition) is 3. The lowest BCUT2D eigenvalue weighted by atomic mass is 9.89. The molecule has 21 heavy (non-hydrogen) atoms. The minimum absolute atomic E-state index is 0.169. The van der Waals surface area contributed by atoms with Crippen molar-refractivity contribution in [2.75, 3.05) is 0 Å². The van der Waals surface area contributed by atoms with E-state index in [1.807, 2.05) is 0 Å². The minimum Gasteiger partial charge on any atom is -0.481 e. The van der Waals surface area contributed by atoms with Gasteiger partial charge in [0.2, 0.25) is 5.91 Å². The molecule has 0 saturated carbocycles. The molecule has 1 aromatic rings. The summed E-state index contributed by atoms with van der Waals surface area (Å²) in [5.74, 6) is -1.17. The molecule has 0 spiro atoms. The van der Waals surface area contributed by atoms with Crippen LogP contribution in [0.2, 0.25) is 0 Å². The molecule has 0 saturated heterocycles. The van der Waals surface area contributed by atoms with E-state index in [2.05, 4.69) is 15.8 Å². The number of nitrogens with zero attached hydrogens (tertiary/aromatic N) is 1. The molecular weight excluding hydrogens is 278 g/mol. The zero-order valence-electron chi connectivity index (χ0n) is 12.4. The Morgan fingerprint density at radius 3 is 2.38 bits per heavy atom. The van der Waals surface area contributed by atoms with Gasteiger partial charge in [-0.1, -0.05) is 5.16 Å². The van der Waals surface area contributed by atoms with Crippen LogP contribution in [0.1, 0.15) is 37.3 Å². The molecular formula is C13H19N3O5. The molecule has 0 unspecified atom stereocenters. The number of rotatable bonds is 5. The van der Waals surface area contributed by atoms with Gasteiger partial charge in [0.1, 0.15) is 5.76 Å². The topological polar surface area (TPSA) is 122 Å². The summed E-state index contributed by atoms with van der Waals surface area (Å²) in [4.78, 5) is 34.1.